The number of ether oxygens (including phenoxy) is 3. The Kier molecular flexibility index (Phi) is 32.1. The quantitative estimate of drug-likeness (QED) is 0.0359. The van der Waals surface area contributed by atoms with Crippen LogP contribution in [-0.4, -0.2) is 72.8 Å². The summed E-state index contributed by atoms with van der Waals surface area (Å²) in [5.74, 6) is 0.937. The predicted molar refractivity (Wildman–Crippen MR) is 220 cm³/mol. The van der Waals surface area contributed by atoms with E-state index in [1.54, 1.807) is 0 Å². The Bertz CT molecular complexity index is 852. The summed E-state index contributed by atoms with van der Waals surface area (Å²) in [6, 6.07) is 0. The fraction of sp³-hybridized carbons (Fsp3) is 0.932. The molecule has 0 aromatic rings. The first kappa shape index (κ1) is 48.7. The molecule has 0 radical (unpaired) electrons. The summed E-state index contributed by atoms with van der Waals surface area (Å²) < 4.78 is 17.5. The van der Waals surface area contributed by atoms with Crippen LogP contribution in [0.25, 0.3) is 0 Å². The highest BCUT2D eigenvalue weighted by atomic mass is 32.2. The minimum absolute atomic E-state index is 0.00984. The molecule has 0 bridgehead atoms. The molecule has 1 aliphatic heterocycles. The Balaban J connectivity index is 2.22. The van der Waals surface area contributed by atoms with Gasteiger partial charge in [0.25, 0.3) is 0 Å². The Morgan fingerprint density at radius 1 is 0.596 bits per heavy atom. The first-order chi connectivity index (χ1) is 25.3. The van der Waals surface area contributed by atoms with Gasteiger partial charge in [0.1, 0.15) is 12.2 Å². The topological polar surface area (TPSA) is 82.1 Å². The van der Waals surface area contributed by atoms with Gasteiger partial charge in [-0.2, -0.15) is 11.8 Å². The third-order valence-electron chi connectivity index (χ3n) is 10.6. The van der Waals surface area contributed by atoms with E-state index < -0.39 is 0 Å². The monoisotopic (exact) mass is 754 g/mol. The van der Waals surface area contributed by atoms with Gasteiger partial charge in [0, 0.05) is 24.6 Å². The molecule has 1 heterocycles. The molecule has 0 aromatic carbocycles. The van der Waals surface area contributed by atoms with Crippen LogP contribution in [0.1, 0.15) is 207 Å². The second-order valence-corrected chi connectivity index (χ2v) is 17.0. The lowest BCUT2D eigenvalue weighted by molar-refractivity contribution is -0.151. The molecule has 8 heteroatoms. The molecule has 0 N–H and O–H groups in total. The maximum atomic E-state index is 13.1. The summed E-state index contributed by atoms with van der Waals surface area (Å²) >= 11 is 1.94. The number of hydrogen-bond acceptors (Lipinski definition) is 8. The van der Waals surface area contributed by atoms with Crippen LogP contribution in [0.3, 0.4) is 0 Å². The molecule has 1 rings (SSSR count). The van der Waals surface area contributed by atoms with Crippen molar-refractivity contribution in [3.8, 4) is 0 Å². The third-order valence-corrected chi connectivity index (χ3v) is 12.0. The van der Waals surface area contributed by atoms with Crippen LogP contribution >= 0.6 is 11.8 Å². The Labute approximate surface area is 325 Å². The van der Waals surface area contributed by atoms with Crippen molar-refractivity contribution >= 4 is 29.7 Å². The molecule has 52 heavy (non-hydrogen) atoms. The van der Waals surface area contributed by atoms with Crippen molar-refractivity contribution in [2.24, 2.45) is 5.92 Å². The van der Waals surface area contributed by atoms with Crippen LogP contribution in [0.5, 0.6) is 0 Å². The second kappa shape index (κ2) is 34.2. The molecule has 0 spiro atoms. The second-order valence-electron chi connectivity index (χ2n) is 15.6. The number of piperidine rings is 1. The number of esters is 3. The Hall–Kier alpha value is -1.28. The van der Waals surface area contributed by atoms with E-state index in [2.05, 4.69) is 39.6 Å². The Morgan fingerprint density at radius 2 is 1.04 bits per heavy atom. The maximum Gasteiger partial charge on any atom is 0.310 e. The smallest absolute Gasteiger partial charge is 0.310 e. The van der Waals surface area contributed by atoms with Crippen LogP contribution in [0.2, 0.25) is 0 Å². The van der Waals surface area contributed by atoms with Crippen LogP contribution in [0.4, 0.5) is 0 Å². The van der Waals surface area contributed by atoms with E-state index in [4.69, 9.17) is 14.2 Å². The number of carbonyl (C=O) groups is 3. The molecule has 1 saturated heterocycles. The van der Waals surface area contributed by atoms with E-state index in [0.717, 1.165) is 134 Å². The van der Waals surface area contributed by atoms with Crippen molar-refractivity contribution in [3.05, 3.63) is 0 Å². The third kappa shape index (κ3) is 26.5. The zero-order valence-corrected chi connectivity index (χ0v) is 35.6. The predicted octanol–water partition coefficient (Wildman–Crippen LogP) is 12.0. The average molecular weight is 754 g/mol. The van der Waals surface area contributed by atoms with Gasteiger partial charge in [0.2, 0.25) is 0 Å². The minimum atomic E-state index is -0.0493. The number of likely N-dealkylation sites (tertiary alicyclic amines) is 1. The first-order valence-electron chi connectivity index (χ1n) is 22.2. The van der Waals surface area contributed by atoms with E-state index in [-0.39, 0.29) is 41.3 Å². The average Bonchev–Trinajstić information content (AvgIpc) is 3.12. The molecule has 7 nitrogen and oxygen atoms in total. The van der Waals surface area contributed by atoms with Crippen LogP contribution in [-0.2, 0) is 28.6 Å². The molecule has 2 atom stereocenters. The fourth-order valence-electron chi connectivity index (χ4n) is 7.15. The summed E-state index contributed by atoms with van der Waals surface area (Å²) in [4.78, 5) is 40.4. The summed E-state index contributed by atoms with van der Waals surface area (Å²) in [7, 11) is 2.15. The highest BCUT2D eigenvalue weighted by Gasteiger charge is 2.34. The molecule has 0 amide bonds. The summed E-state index contributed by atoms with van der Waals surface area (Å²) in [6.45, 7) is 11.2. The number of unbranched alkanes of at least 4 members (excludes halogenated alkanes) is 15. The van der Waals surface area contributed by atoms with Gasteiger partial charge in [0.15, 0.2) is 0 Å². The molecular weight excluding hydrogens is 671 g/mol. The van der Waals surface area contributed by atoms with E-state index in [1.165, 1.54) is 51.4 Å². The van der Waals surface area contributed by atoms with E-state index >= 15 is 0 Å². The van der Waals surface area contributed by atoms with Gasteiger partial charge in [-0.3, -0.25) is 14.4 Å². The fourth-order valence-corrected chi connectivity index (χ4v) is 8.67. The van der Waals surface area contributed by atoms with Crippen molar-refractivity contribution in [1.29, 1.82) is 0 Å². The lowest BCUT2D eigenvalue weighted by Crippen LogP contribution is -2.44. The van der Waals surface area contributed by atoms with E-state index in [1.807, 2.05) is 11.8 Å². The highest BCUT2D eigenvalue weighted by Crippen LogP contribution is 2.30. The molecule has 2 unspecified atom stereocenters. The van der Waals surface area contributed by atoms with Gasteiger partial charge in [-0.1, -0.05) is 111 Å². The SMILES string of the molecule is CCCCCC(CCCCC)OC(=O)CCCCCCCSC1CN(C)CCC1C(=O)OCCCCCCC(=O)OC(CCCCC)CCCCC. The Morgan fingerprint density at radius 3 is 1.52 bits per heavy atom. The zero-order chi connectivity index (χ0) is 38.1. The molecule has 1 fully saturated rings. The van der Waals surface area contributed by atoms with E-state index in [9.17, 15) is 14.4 Å². The van der Waals surface area contributed by atoms with Crippen LogP contribution in [0.15, 0.2) is 0 Å². The van der Waals surface area contributed by atoms with E-state index in [0.29, 0.717) is 19.4 Å². The van der Waals surface area contributed by atoms with Crippen molar-refractivity contribution in [2.75, 3.05) is 32.5 Å². The molecule has 1 aliphatic rings. The highest BCUT2D eigenvalue weighted by molar-refractivity contribution is 7.99. The number of nitrogens with zero attached hydrogens (tertiary/aromatic N) is 1. The number of hydrogen-bond donors (Lipinski definition) is 0. The maximum absolute atomic E-state index is 13.1. The van der Waals surface area contributed by atoms with Gasteiger partial charge in [-0.15, -0.1) is 0 Å². The van der Waals surface area contributed by atoms with Crippen molar-refractivity contribution in [3.63, 3.8) is 0 Å². The van der Waals surface area contributed by atoms with Crippen molar-refractivity contribution in [1.82, 2.24) is 4.90 Å². The molecule has 0 aliphatic carbocycles. The molecule has 0 saturated carbocycles. The normalized spacial score (nSPS) is 16.4. The largest absolute Gasteiger partial charge is 0.465 e. The summed E-state index contributed by atoms with van der Waals surface area (Å²) in [6.07, 6.45) is 29.3. The van der Waals surface area contributed by atoms with Gasteiger partial charge in [0.05, 0.1) is 12.5 Å². The number of rotatable bonds is 35. The number of carbonyl (C=O) groups excluding carboxylic acids is 3. The summed E-state index contributed by atoms with van der Waals surface area (Å²) in [5.41, 5.74) is 0. The lowest BCUT2D eigenvalue weighted by Gasteiger charge is -2.35. The molecule has 0 aromatic heterocycles. The lowest BCUT2D eigenvalue weighted by atomic mass is 9.97. The standard InChI is InChI=1S/C44H83NO6S/c1-6-10-19-27-38(28-20-11-7-2)50-42(46)31-23-15-14-18-26-36-52-41-37-45(5)34-33-40(41)44(48)49-35-25-17-16-24-32-43(47)51-39(29-21-12-8-3)30-22-13-9-4/h38-41H,6-37H2,1-5H3. The van der Waals surface area contributed by atoms with Crippen molar-refractivity contribution < 1.29 is 28.6 Å². The van der Waals surface area contributed by atoms with Gasteiger partial charge in [-0.25, -0.2) is 0 Å². The molecule has 306 valence electrons. The van der Waals surface area contributed by atoms with Gasteiger partial charge >= 0.3 is 17.9 Å². The summed E-state index contributed by atoms with van der Waals surface area (Å²) in [5, 5.41) is 0.280. The first-order valence-corrected chi connectivity index (χ1v) is 23.2. The van der Waals surface area contributed by atoms with Crippen LogP contribution < -0.4 is 0 Å². The minimum Gasteiger partial charge on any atom is -0.465 e. The molecular formula is C44H83NO6S. The van der Waals surface area contributed by atoms with Gasteiger partial charge in [-0.05, 0) is 103 Å². The van der Waals surface area contributed by atoms with Gasteiger partial charge < -0.3 is 19.1 Å². The van der Waals surface area contributed by atoms with Crippen LogP contribution in [0, 0.1) is 5.92 Å². The zero-order valence-electron chi connectivity index (χ0n) is 34.7. The van der Waals surface area contributed by atoms with Crippen molar-refractivity contribution in [2.45, 2.75) is 225 Å². The number of thioether (sulfide) groups is 1.